The zero-order chi connectivity index (χ0) is 14.0. The standard InChI is InChI=1S/C11H17N5O2S/c1-12-6-10-4-11(8-15(10)2)19(17,18)14-9-5-13-16(3)7-9/h4-5,7-8,12,14H,6H2,1-3H3. The van der Waals surface area contributed by atoms with Gasteiger partial charge in [0.1, 0.15) is 4.90 Å². The maximum atomic E-state index is 12.2. The van der Waals surface area contributed by atoms with E-state index in [1.165, 1.54) is 10.9 Å². The first-order valence-corrected chi connectivity index (χ1v) is 7.22. The number of rotatable bonds is 5. The van der Waals surface area contributed by atoms with E-state index in [1.807, 2.05) is 14.1 Å². The van der Waals surface area contributed by atoms with E-state index in [1.54, 1.807) is 30.1 Å². The van der Waals surface area contributed by atoms with E-state index < -0.39 is 10.0 Å². The van der Waals surface area contributed by atoms with Crippen LogP contribution in [0, 0.1) is 0 Å². The van der Waals surface area contributed by atoms with Crippen molar-refractivity contribution in [2.45, 2.75) is 11.4 Å². The largest absolute Gasteiger partial charge is 0.352 e. The molecule has 0 aliphatic heterocycles. The number of nitrogens with one attached hydrogen (secondary N) is 2. The van der Waals surface area contributed by atoms with Gasteiger partial charge >= 0.3 is 0 Å². The predicted molar refractivity (Wildman–Crippen MR) is 72.2 cm³/mol. The van der Waals surface area contributed by atoms with Crippen LogP contribution in [0.2, 0.25) is 0 Å². The molecule has 2 aromatic heterocycles. The molecule has 0 aliphatic carbocycles. The summed E-state index contributed by atoms with van der Waals surface area (Å²) in [7, 11) is 1.79. The molecule has 2 rings (SSSR count). The fourth-order valence-electron chi connectivity index (χ4n) is 1.77. The van der Waals surface area contributed by atoms with Crippen LogP contribution in [0.5, 0.6) is 0 Å². The Labute approximate surface area is 112 Å². The molecule has 104 valence electrons. The Morgan fingerprint density at radius 2 is 2.05 bits per heavy atom. The zero-order valence-electron chi connectivity index (χ0n) is 11.1. The number of hydrogen-bond donors (Lipinski definition) is 2. The van der Waals surface area contributed by atoms with Gasteiger partial charge in [-0.1, -0.05) is 0 Å². The monoisotopic (exact) mass is 283 g/mol. The van der Waals surface area contributed by atoms with Crippen LogP contribution < -0.4 is 10.0 Å². The number of aromatic nitrogens is 3. The normalized spacial score (nSPS) is 11.7. The number of hydrogen-bond acceptors (Lipinski definition) is 4. The Kier molecular flexibility index (Phi) is 3.63. The molecule has 0 bridgehead atoms. The minimum absolute atomic E-state index is 0.240. The fraction of sp³-hybridized carbons (Fsp3) is 0.364. The highest BCUT2D eigenvalue weighted by atomic mass is 32.2. The number of sulfonamides is 1. The molecule has 19 heavy (non-hydrogen) atoms. The minimum Gasteiger partial charge on any atom is -0.352 e. The molecule has 0 aromatic carbocycles. The van der Waals surface area contributed by atoms with Gasteiger partial charge in [-0.25, -0.2) is 8.42 Å². The van der Waals surface area contributed by atoms with E-state index in [4.69, 9.17) is 0 Å². The van der Waals surface area contributed by atoms with Crippen molar-refractivity contribution in [3.63, 3.8) is 0 Å². The van der Waals surface area contributed by atoms with Gasteiger partial charge < -0.3 is 9.88 Å². The van der Waals surface area contributed by atoms with Crippen molar-refractivity contribution in [2.75, 3.05) is 11.8 Å². The second-order valence-corrected chi connectivity index (χ2v) is 6.00. The molecular formula is C11H17N5O2S. The summed E-state index contributed by atoms with van der Waals surface area (Å²) in [5, 5.41) is 6.91. The van der Waals surface area contributed by atoms with E-state index >= 15 is 0 Å². The maximum absolute atomic E-state index is 12.2. The highest BCUT2D eigenvalue weighted by Crippen LogP contribution is 2.17. The fourth-order valence-corrected chi connectivity index (χ4v) is 2.89. The quantitative estimate of drug-likeness (QED) is 0.826. The number of aryl methyl sites for hydroxylation is 2. The summed E-state index contributed by atoms with van der Waals surface area (Å²) in [4.78, 5) is 0.240. The first-order valence-electron chi connectivity index (χ1n) is 5.73. The Morgan fingerprint density at radius 1 is 1.32 bits per heavy atom. The zero-order valence-corrected chi connectivity index (χ0v) is 11.9. The van der Waals surface area contributed by atoms with E-state index in [2.05, 4.69) is 15.1 Å². The Balaban J connectivity index is 2.26. The van der Waals surface area contributed by atoms with Crippen LogP contribution in [0.1, 0.15) is 5.69 Å². The summed E-state index contributed by atoms with van der Waals surface area (Å²) >= 11 is 0. The SMILES string of the molecule is CNCc1cc(S(=O)(=O)Nc2cnn(C)c2)cn1C. The van der Waals surface area contributed by atoms with Gasteiger partial charge in [-0.3, -0.25) is 9.40 Å². The second kappa shape index (κ2) is 5.06. The Morgan fingerprint density at radius 3 is 2.63 bits per heavy atom. The lowest BCUT2D eigenvalue weighted by Crippen LogP contribution is -2.11. The number of anilines is 1. The van der Waals surface area contributed by atoms with Crippen molar-refractivity contribution in [3.05, 3.63) is 30.4 Å². The van der Waals surface area contributed by atoms with E-state index in [0.717, 1.165) is 5.69 Å². The van der Waals surface area contributed by atoms with Crippen molar-refractivity contribution < 1.29 is 8.42 Å². The Hall–Kier alpha value is -1.80. The third-order valence-electron chi connectivity index (χ3n) is 2.71. The smallest absolute Gasteiger partial charge is 0.263 e. The summed E-state index contributed by atoms with van der Waals surface area (Å²) < 4.78 is 30.2. The first-order chi connectivity index (χ1) is 8.92. The van der Waals surface area contributed by atoms with Gasteiger partial charge in [0.05, 0.1) is 11.9 Å². The highest BCUT2D eigenvalue weighted by molar-refractivity contribution is 7.92. The molecule has 2 N–H and O–H groups in total. The van der Waals surface area contributed by atoms with Gasteiger partial charge in [-0.15, -0.1) is 0 Å². The van der Waals surface area contributed by atoms with Crippen LogP contribution in [-0.4, -0.2) is 29.8 Å². The summed E-state index contributed by atoms with van der Waals surface area (Å²) in [6.45, 7) is 0.610. The predicted octanol–water partition coefficient (Wildman–Crippen LogP) is 0.279. The summed E-state index contributed by atoms with van der Waals surface area (Å²) in [5.74, 6) is 0. The molecule has 0 atom stereocenters. The van der Waals surface area contributed by atoms with Crippen LogP contribution in [0.3, 0.4) is 0 Å². The maximum Gasteiger partial charge on any atom is 0.263 e. The molecule has 7 nitrogen and oxygen atoms in total. The van der Waals surface area contributed by atoms with Gasteiger partial charge in [0, 0.05) is 38.7 Å². The van der Waals surface area contributed by atoms with Crippen LogP contribution in [0.25, 0.3) is 0 Å². The van der Waals surface area contributed by atoms with Gasteiger partial charge in [0.15, 0.2) is 0 Å². The van der Waals surface area contributed by atoms with Crippen molar-refractivity contribution in [2.24, 2.45) is 14.1 Å². The second-order valence-electron chi connectivity index (χ2n) is 4.32. The molecular weight excluding hydrogens is 266 g/mol. The van der Waals surface area contributed by atoms with Crippen molar-refractivity contribution in [1.29, 1.82) is 0 Å². The molecule has 0 aliphatic rings. The molecule has 0 saturated carbocycles. The first kappa shape index (κ1) is 13.6. The number of nitrogens with zero attached hydrogens (tertiary/aromatic N) is 3. The van der Waals surface area contributed by atoms with Crippen molar-refractivity contribution >= 4 is 15.7 Å². The van der Waals surface area contributed by atoms with Crippen molar-refractivity contribution in [1.82, 2.24) is 19.7 Å². The lowest BCUT2D eigenvalue weighted by Gasteiger charge is -2.02. The molecule has 8 heteroatoms. The molecule has 2 aromatic rings. The molecule has 0 saturated heterocycles. The third kappa shape index (κ3) is 2.96. The van der Waals surface area contributed by atoms with E-state index in [9.17, 15) is 8.42 Å². The highest BCUT2D eigenvalue weighted by Gasteiger charge is 2.18. The molecule has 0 amide bonds. The van der Waals surface area contributed by atoms with Gasteiger partial charge in [0.25, 0.3) is 10.0 Å². The summed E-state index contributed by atoms with van der Waals surface area (Å²) in [6, 6.07) is 1.65. The molecule has 0 radical (unpaired) electrons. The van der Waals surface area contributed by atoms with Crippen LogP contribution in [0.15, 0.2) is 29.6 Å². The lowest BCUT2D eigenvalue weighted by molar-refractivity contribution is 0.601. The lowest BCUT2D eigenvalue weighted by atomic mass is 10.4. The van der Waals surface area contributed by atoms with E-state index in [0.29, 0.717) is 12.2 Å². The topological polar surface area (TPSA) is 81.0 Å². The van der Waals surface area contributed by atoms with E-state index in [-0.39, 0.29) is 4.90 Å². The average Bonchev–Trinajstić information content (AvgIpc) is 2.87. The van der Waals surface area contributed by atoms with Gasteiger partial charge in [-0.2, -0.15) is 5.10 Å². The van der Waals surface area contributed by atoms with Gasteiger partial charge in [-0.05, 0) is 13.1 Å². The minimum atomic E-state index is -3.57. The summed E-state index contributed by atoms with van der Waals surface area (Å²) in [5.41, 5.74) is 1.34. The average molecular weight is 283 g/mol. The van der Waals surface area contributed by atoms with Crippen molar-refractivity contribution in [3.8, 4) is 0 Å². The molecule has 0 fully saturated rings. The molecule has 2 heterocycles. The van der Waals surface area contributed by atoms with Gasteiger partial charge in [0.2, 0.25) is 0 Å². The van der Waals surface area contributed by atoms with Crippen LogP contribution in [0.4, 0.5) is 5.69 Å². The van der Waals surface area contributed by atoms with Crippen LogP contribution >= 0.6 is 0 Å². The molecule has 0 unspecified atom stereocenters. The Bertz CT molecular complexity index is 671. The molecule has 0 spiro atoms. The third-order valence-corrected chi connectivity index (χ3v) is 4.06. The summed E-state index contributed by atoms with van der Waals surface area (Å²) in [6.07, 6.45) is 4.66. The van der Waals surface area contributed by atoms with Crippen LogP contribution in [-0.2, 0) is 30.7 Å².